The largest absolute Gasteiger partial charge is 0.456 e. The minimum absolute atomic E-state index is 0.879. The number of hydrogen-bond donors (Lipinski definition) is 0. The Labute approximate surface area is 133 Å². The van der Waals surface area contributed by atoms with Crippen LogP contribution in [0, 0.1) is 0 Å². The molecule has 132 valence electrons. The van der Waals surface area contributed by atoms with Crippen LogP contribution in [0.2, 0.25) is 0 Å². The van der Waals surface area contributed by atoms with E-state index in [1.165, 1.54) is 51.4 Å². The first kappa shape index (κ1) is 23.9. The predicted molar refractivity (Wildman–Crippen MR) is 97.7 cm³/mol. The van der Waals surface area contributed by atoms with Crippen LogP contribution >= 0.6 is 16.1 Å². The van der Waals surface area contributed by atoms with Crippen LogP contribution < -0.4 is 0 Å². The zero-order valence-electron chi connectivity index (χ0n) is 14.6. The van der Waals surface area contributed by atoms with Crippen LogP contribution in [0.4, 0.5) is 12.6 Å². The van der Waals surface area contributed by atoms with Gasteiger partial charge in [0.1, 0.15) is 0 Å². The fraction of sp³-hybridized carbons (Fsp3) is 1.00. The van der Waals surface area contributed by atoms with E-state index in [1.807, 2.05) is 0 Å². The molecule has 21 heavy (non-hydrogen) atoms. The van der Waals surface area contributed by atoms with Crippen molar-refractivity contribution in [2.45, 2.75) is 79.1 Å². The van der Waals surface area contributed by atoms with Gasteiger partial charge in [0.15, 0.2) is 0 Å². The van der Waals surface area contributed by atoms with Gasteiger partial charge in [-0.2, -0.15) is 12.6 Å². The van der Waals surface area contributed by atoms with Gasteiger partial charge in [0.25, 0.3) is 0 Å². The Morgan fingerprint density at radius 1 is 0.571 bits per heavy atom. The first-order valence-corrected chi connectivity index (χ1v) is 12.6. The van der Waals surface area contributed by atoms with E-state index in [4.69, 9.17) is 0 Å². The number of hydrogen-bond acceptors (Lipinski definition) is 0. The molecule has 0 radical (unpaired) electrons. The molecule has 0 nitrogen and oxygen atoms in total. The molecule has 0 atom stereocenters. The monoisotopic (exact) mass is 348 g/mol. The van der Waals surface area contributed by atoms with Crippen molar-refractivity contribution in [1.82, 2.24) is 0 Å². The second kappa shape index (κ2) is 17.0. The molecule has 0 aromatic carbocycles. The molecule has 0 unspecified atom stereocenters. The van der Waals surface area contributed by atoms with Crippen molar-refractivity contribution in [3.8, 4) is 0 Å². The van der Waals surface area contributed by atoms with E-state index in [-0.39, 0.29) is 0 Å². The van der Waals surface area contributed by atoms with Crippen LogP contribution in [0.1, 0.15) is 79.1 Å². The zero-order valence-corrected chi connectivity index (χ0v) is 16.5. The Morgan fingerprint density at radius 2 is 0.762 bits per heavy atom. The van der Waals surface area contributed by atoms with Crippen molar-refractivity contribution >= 4 is 16.1 Å². The third kappa shape index (κ3) is 16.8. The maximum atomic E-state index is 9.73. The Hall–Kier alpha value is 0.650. The van der Waals surface area contributed by atoms with Gasteiger partial charge < -0.3 is 0 Å². The molecule has 0 saturated carbocycles. The molecule has 0 aromatic heterocycles. The van der Waals surface area contributed by atoms with Crippen LogP contribution in [0.15, 0.2) is 0 Å². The van der Waals surface area contributed by atoms with E-state index >= 15 is 0 Å². The fourth-order valence-corrected chi connectivity index (χ4v) is 8.87. The normalized spacial score (nSPS) is 12.2. The van der Waals surface area contributed by atoms with E-state index < -0.39 is 16.1 Å². The molecule has 0 bridgehead atoms. The van der Waals surface area contributed by atoms with Crippen molar-refractivity contribution in [2.24, 2.45) is 0 Å². The molecule has 0 fully saturated rings. The molecule has 0 heterocycles. The van der Waals surface area contributed by atoms with Gasteiger partial charge in [-0.05, 0) is 0 Å². The smallest absolute Gasteiger partial charge is 0.152 e. The van der Waals surface area contributed by atoms with Crippen LogP contribution in [-0.2, 0) is 0 Å². The van der Waals surface area contributed by atoms with E-state index in [1.54, 1.807) is 24.6 Å². The molecule has 0 aliphatic rings. The maximum absolute atomic E-state index is 9.73. The molecule has 0 rings (SSSR count). The Balaban J connectivity index is 0. The fourth-order valence-electron chi connectivity index (χ4n) is 2.96. The minimum Gasteiger partial charge on any atom is -0.152 e. The van der Waals surface area contributed by atoms with Crippen LogP contribution in [-0.4, -0.2) is 24.6 Å². The first-order chi connectivity index (χ1) is 9.97. The summed E-state index contributed by atoms with van der Waals surface area (Å²) < 4.78 is 29.2. The summed E-state index contributed by atoms with van der Waals surface area (Å²) in [6.45, 7) is 9.44. The minimum atomic E-state index is -4.12. The summed E-state index contributed by atoms with van der Waals surface area (Å²) in [5.41, 5.74) is 0. The van der Waals surface area contributed by atoms with Gasteiger partial charge in [0.2, 0.25) is 0 Å². The quantitative estimate of drug-likeness (QED) is 0.313. The molecule has 5 heteroatoms. The predicted octanol–water partition coefficient (Wildman–Crippen LogP) is 8.06. The summed E-state index contributed by atoms with van der Waals surface area (Å²) in [5, 5.41) is 0. The topological polar surface area (TPSA) is 0 Å². The molecule has 0 aromatic rings. The summed E-state index contributed by atoms with van der Waals surface area (Å²) in [6.07, 6.45) is 18.1. The van der Waals surface area contributed by atoms with Crippen molar-refractivity contribution in [3.05, 3.63) is 0 Å². The molecule has 0 aliphatic heterocycles. The van der Waals surface area contributed by atoms with Gasteiger partial charge in [0, 0.05) is 0 Å². The van der Waals surface area contributed by atoms with Gasteiger partial charge in [-0.1, -0.05) is 0 Å². The van der Waals surface area contributed by atoms with Gasteiger partial charge in [-0.3, -0.25) is 0 Å². The van der Waals surface area contributed by atoms with Gasteiger partial charge in [-0.25, -0.2) is 0 Å². The third-order valence-electron chi connectivity index (χ3n) is 4.24. The van der Waals surface area contributed by atoms with Gasteiger partial charge >= 0.3 is 120 Å². The van der Waals surface area contributed by atoms with E-state index in [9.17, 15) is 12.6 Å². The van der Waals surface area contributed by atoms with Crippen molar-refractivity contribution < 1.29 is 12.6 Å². The first-order valence-electron chi connectivity index (χ1n) is 8.75. The summed E-state index contributed by atoms with van der Waals surface area (Å²) in [6, 6.07) is 0. The Bertz CT molecular complexity index is 162. The summed E-state index contributed by atoms with van der Waals surface area (Å²) in [7, 11) is -5.00. The molecular formula is C16H37F3P2. The molecule has 0 spiro atoms. The summed E-state index contributed by atoms with van der Waals surface area (Å²) >= 11 is 0. The van der Waals surface area contributed by atoms with Crippen LogP contribution in [0.5, 0.6) is 0 Å². The van der Waals surface area contributed by atoms with Gasteiger partial charge in [0.05, 0.1) is 0 Å². The molecule has 0 saturated heterocycles. The number of unbranched alkanes of at least 4 members (excludes halogenated alkanes) is 4. The summed E-state index contributed by atoms with van der Waals surface area (Å²) in [5.74, 6) is 0. The molecule has 0 N–H and O–H groups in total. The second-order valence-corrected chi connectivity index (χ2v) is 11.5. The summed E-state index contributed by atoms with van der Waals surface area (Å²) in [4.78, 5) is 0. The Morgan fingerprint density at radius 3 is 0.905 bits per heavy atom. The average molecular weight is 348 g/mol. The SMILES string of the molecule is CCCC[PH](CCCC)(CCCC)CCCC.FP(F)F. The third-order valence-corrected chi connectivity index (χ3v) is 9.90. The number of halogens is 3. The Kier molecular flexibility index (Phi) is 19.4. The van der Waals surface area contributed by atoms with E-state index in [2.05, 4.69) is 27.7 Å². The standard InChI is InChI=1S/C16H37P.F3P/c1-5-9-13-17(14-10-6-2,15-11-7-3)16-12-8-4;1-4(2)3/h17H,5-16H2,1-4H3;. The van der Waals surface area contributed by atoms with Gasteiger partial charge in [-0.15, -0.1) is 0 Å². The average Bonchev–Trinajstić information content (AvgIpc) is 2.45. The van der Waals surface area contributed by atoms with Crippen LogP contribution in [0.3, 0.4) is 0 Å². The maximum Gasteiger partial charge on any atom is 0.456 e. The van der Waals surface area contributed by atoms with E-state index in [0.29, 0.717) is 0 Å². The van der Waals surface area contributed by atoms with Crippen molar-refractivity contribution in [1.29, 1.82) is 0 Å². The molecule has 0 aliphatic carbocycles. The number of rotatable bonds is 12. The molecule has 0 amide bonds. The van der Waals surface area contributed by atoms with E-state index in [0.717, 1.165) is 0 Å². The van der Waals surface area contributed by atoms with Crippen molar-refractivity contribution in [2.75, 3.05) is 24.6 Å². The molecular weight excluding hydrogens is 311 g/mol. The zero-order chi connectivity index (χ0) is 16.6. The van der Waals surface area contributed by atoms with Crippen LogP contribution in [0.25, 0.3) is 0 Å². The second-order valence-electron chi connectivity index (χ2n) is 6.11. The van der Waals surface area contributed by atoms with Crippen molar-refractivity contribution in [3.63, 3.8) is 0 Å².